The van der Waals surface area contributed by atoms with E-state index in [1.54, 1.807) is 11.3 Å². The van der Waals surface area contributed by atoms with Crippen molar-refractivity contribution in [1.29, 1.82) is 0 Å². The van der Waals surface area contributed by atoms with Crippen molar-refractivity contribution in [2.45, 2.75) is 53.1 Å². The Labute approximate surface area is 197 Å². The fourth-order valence-corrected chi connectivity index (χ4v) is 4.39. The van der Waals surface area contributed by atoms with Crippen LogP contribution in [0.25, 0.3) is 0 Å². The van der Waals surface area contributed by atoms with Crippen molar-refractivity contribution in [3.63, 3.8) is 0 Å². The number of nitrogens with zero attached hydrogens (tertiary/aromatic N) is 4. The topological polar surface area (TPSA) is 57.5 Å². The molecule has 2 atom stereocenters. The summed E-state index contributed by atoms with van der Waals surface area (Å²) in [4.78, 5) is 6.92. The van der Waals surface area contributed by atoms with Gasteiger partial charge in [0.05, 0.1) is 11.7 Å². The van der Waals surface area contributed by atoms with E-state index in [0.29, 0.717) is 6.04 Å². The molecule has 0 saturated carbocycles. The maximum Gasteiger partial charge on any atom is 0.191 e. The summed E-state index contributed by atoms with van der Waals surface area (Å²) >= 11 is 1.75. The van der Waals surface area contributed by atoms with Gasteiger partial charge in [-0.3, -0.25) is 14.6 Å². The monoisotopic (exact) mass is 532 g/mol. The van der Waals surface area contributed by atoms with Gasteiger partial charge in [0, 0.05) is 32.4 Å². The first kappa shape index (κ1) is 25.9. The summed E-state index contributed by atoms with van der Waals surface area (Å²) in [6, 6.07) is 2.83. The molecule has 2 rings (SSSR count). The second kappa shape index (κ2) is 12.5. The third-order valence-electron chi connectivity index (χ3n) is 5.42. The van der Waals surface area contributed by atoms with E-state index in [-0.39, 0.29) is 30.0 Å². The SMILES string of the molecule is CCN(CC)C(CNC(=NC)NC(C)Cc1c(C)nn(C)c1C)c1ccsc1.I. The number of hydrogen-bond donors (Lipinski definition) is 2. The molecule has 0 bridgehead atoms. The van der Waals surface area contributed by atoms with Crippen LogP contribution in [0.1, 0.15) is 49.3 Å². The van der Waals surface area contributed by atoms with E-state index in [4.69, 9.17) is 0 Å². The van der Waals surface area contributed by atoms with Gasteiger partial charge < -0.3 is 10.6 Å². The number of hydrogen-bond acceptors (Lipinski definition) is 4. The lowest BCUT2D eigenvalue weighted by atomic mass is 10.1. The van der Waals surface area contributed by atoms with Gasteiger partial charge in [-0.15, -0.1) is 24.0 Å². The molecule has 0 amide bonds. The lowest BCUT2D eigenvalue weighted by Gasteiger charge is -2.30. The molecule has 8 heteroatoms. The third kappa shape index (κ3) is 6.96. The number of guanidine groups is 1. The molecule has 2 unspecified atom stereocenters. The Bertz CT molecular complexity index is 752. The standard InChI is InChI=1S/C21H36N6S.HI/c1-8-27(9-2)20(18-10-11-28-14-18)13-23-21(22-6)24-15(3)12-19-16(4)25-26(7)17(19)5;/h10-11,14-15,20H,8-9,12-13H2,1-7H3,(H2,22,23,24);1H. The van der Waals surface area contributed by atoms with E-state index >= 15 is 0 Å². The number of thiophene rings is 1. The molecule has 0 fully saturated rings. The molecule has 0 spiro atoms. The van der Waals surface area contributed by atoms with Crippen molar-refractivity contribution < 1.29 is 0 Å². The maximum absolute atomic E-state index is 4.53. The highest BCUT2D eigenvalue weighted by atomic mass is 127. The molecule has 2 heterocycles. The minimum absolute atomic E-state index is 0. The predicted octanol–water partition coefficient (Wildman–Crippen LogP) is 3.90. The number of halogens is 1. The number of aromatic nitrogens is 2. The van der Waals surface area contributed by atoms with Crippen molar-refractivity contribution in [1.82, 2.24) is 25.3 Å². The van der Waals surface area contributed by atoms with Gasteiger partial charge in [0.15, 0.2) is 5.96 Å². The Morgan fingerprint density at radius 2 is 2.00 bits per heavy atom. The molecular weight excluding hydrogens is 495 g/mol. The highest BCUT2D eigenvalue weighted by Crippen LogP contribution is 2.22. The summed E-state index contributed by atoms with van der Waals surface area (Å²) < 4.78 is 1.96. The maximum atomic E-state index is 4.53. The van der Waals surface area contributed by atoms with E-state index in [9.17, 15) is 0 Å². The van der Waals surface area contributed by atoms with E-state index in [2.05, 4.69) is 77.1 Å². The zero-order valence-electron chi connectivity index (χ0n) is 18.8. The zero-order valence-corrected chi connectivity index (χ0v) is 22.0. The Kier molecular flexibility index (Phi) is 11.2. The van der Waals surface area contributed by atoms with Crippen LogP contribution < -0.4 is 10.6 Å². The largest absolute Gasteiger partial charge is 0.354 e. The molecule has 0 radical (unpaired) electrons. The number of nitrogens with one attached hydrogen (secondary N) is 2. The van der Waals surface area contributed by atoms with E-state index in [1.807, 2.05) is 18.8 Å². The van der Waals surface area contributed by atoms with Crippen molar-refractivity contribution >= 4 is 41.3 Å². The van der Waals surface area contributed by atoms with Crippen molar-refractivity contribution in [2.75, 3.05) is 26.7 Å². The molecule has 2 aromatic rings. The molecule has 0 saturated heterocycles. The normalized spacial score (nSPS) is 13.9. The van der Waals surface area contributed by atoms with Crippen molar-refractivity contribution in [3.05, 3.63) is 39.3 Å². The fraction of sp³-hybridized carbons (Fsp3) is 0.619. The first-order valence-corrected chi connectivity index (χ1v) is 11.1. The van der Waals surface area contributed by atoms with Crippen LogP contribution in [-0.4, -0.2) is 53.4 Å². The van der Waals surface area contributed by atoms with Crippen LogP contribution in [0.5, 0.6) is 0 Å². The van der Waals surface area contributed by atoms with Crippen molar-refractivity contribution in [2.24, 2.45) is 12.0 Å². The van der Waals surface area contributed by atoms with Crippen LogP contribution in [0.3, 0.4) is 0 Å². The third-order valence-corrected chi connectivity index (χ3v) is 6.12. The van der Waals surface area contributed by atoms with Crippen LogP contribution >= 0.6 is 35.3 Å². The molecule has 2 aromatic heterocycles. The number of aryl methyl sites for hydroxylation is 2. The summed E-state index contributed by atoms with van der Waals surface area (Å²) in [5.74, 6) is 0.846. The summed E-state index contributed by atoms with van der Waals surface area (Å²) in [5.41, 5.74) is 5.02. The average molecular weight is 533 g/mol. The molecule has 0 aliphatic carbocycles. The number of likely N-dealkylation sites (N-methyl/N-ethyl adjacent to an activating group) is 1. The molecule has 29 heavy (non-hydrogen) atoms. The Hall–Kier alpha value is -1.13. The summed E-state index contributed by atoms with van der Waals surface area (Å²) in [5, 5.41) is 16.0. The summed E-state index contributed by atoms with van der Waals surface area (Å²) in [7, 11) is 3.84. The second-order valence-corrected chi connectivity index (χ2v) is 8.05. The Morgan fingerprint density at radius 1 is 1.31 bits per heavy atom. The Balaban J connectivity index is 0.00000420. The van der Waals surface area contributed by atoms with Crippen LogP contribution in [0.4, 0.5) is 0 Å². The average Bonchev–Trinajstić information content (AvgIpc) is 3.28. The van der Waals surface area contributed by atoms with Gasteiger partial charge in [0.2, 0.25) is 0 Å². The number of rotatable bonds is 9. The van der Waals surface area contributed by atoms with Gasteiger partial charge in [-0.25, -0.2) is 0 Å². The van der Waals surface area contributed by atoms with E-state index < -0.39 is 0 Å². The van der Waals surface area contributed by atoms with Crippen LogP contribution in [0, 0.1) is 13.8 Å². The van der Waals surface area contributed by atoms with Crippen LogP contribution in [0.2, 0.25) is 0 Å². The van der Waals surface area contributed by atoms with Gasteiger partial charge in [-0.2, -0.15) is 16.4 Å². The van der Waals surface area contributed by atoms with Gasteiger partial charge in [-0.1, -0.05) is 13.8 Å². The fourth-order valence-electron chi connectivity index (χ4n) is 3.68. The molecule has 0 aromatic carbocycles. The first-order valence-electron chi connectivity index (χ1n) is 10.1. The van der Waals surface area contributed by atoms with Gasteiger partial charge >= 0.3 is 0 Å². The van der Waals surface area contributed by atoms with Crippen LogP contribution in [-0.2, 0) is 13.5 Å². The molecule has 6 nitrogen and oxygen atoms in total. The minimum atomic E-state index is 0. The van der Waals surface area contributed by atoms with E-state index in [0.717, 1.165) is 37.7 Å². The number of aliphatic imine (C=N–C) groups is 1. The molecule has 0 aliphatic rings. The predicted molar refractivity (Wildman–Crippen MR) is 136 cm³/mol. The van der Waals surface area contributed by atoms with Crippen LogP contribution in [0.15, 0.2) is 21.8 Å². The summed E-state index contributed by atoms with van der Waals surface area (Å²) in [6.07, 6.45) is 0.927. The first-order chi connectivity index (χ1) is 13.4. The minimum Gasteiger partial charge on any atom is -0.354 e. The van der Waals surface area contributed by atoms with Crippen molar-refractivity contribution in [3.8, 4) is 0 Å². The summed E-state index contributed by atoms with van der Waals surface area (Å²) in [6.45, 7) is 13.7. The zero-order chi connectivity index (χ0) is 20.7. The Morgan fingerprint density at radius 3 is 2.48 bits per heavy atom. The van der Waals surface area contributed by atoms with E-state index in [1.165, 1.54) is 16.8 Å². The highest BCUT2D eigenvalue weighted by Gasteiger charge is 2.19. The molecule has 2 N–H and O–H groups in total. The van der Waals surface area contributed by atoms with Gasteiger partial charge in [-0.05, 0) is 68.2 Å². The van der Waals surface area contributed by atoms with Gasteiger partial charge in [0.25, 0.3) is 0 Å². The highest BCUT2D eigenvalue weighted by molar-refractivity contribution is 14.0. The lowest BCUT2D eigenvalue weighted by molar-refractivity contribution is 0.219. The molecule has 164 valence electrons. The molecular formula is C21H37IN6S. The molecule has 0 aliphatic heterocycles. The van der Waals surface area contributed by atoms with Gasteiger partial charge in [0.1, 0.15) is 0 Å². The lowest BCUT2D eigenvalue weighted by Crippen LogP contribution is -2.46. The smallest absolute Gasteiger partial charge is 0.191 e. The quantitative estimate of drug-likeness (QED) is 0.292. The second-order valence-electron chi connectivity index (χ2n) is 7.27.